The number of imide groups is 1. The van der Waals surface area contributed by atoms with Crippen LogP contribution in [0.4, 0.5) is 10.5 Å². The number of rotatable bonds is 4. The maximum absolute atomic E-state index is 13.0. The molecule has 3 rings (SSSR count). The predicted octanol–water partition coefficient (Wildman–Crippen LogP) is 3.70. The number of hydrogen-bond donors (Lipinski definition) is 2. The molecular formula is C23H27N3O3. The maximum atomic E-state index is 13.0. The van der Waals surface area contributed by atoms with Gasteiger partial charge < -0.3 is 10.6 Å². The van der Waals surface area contributed by atoms with Crippen LogP contribution in [-0.4, -0.2) is 29.3 Å². The van der Waals surface area contributed by atoms with E-state index in [0.717, 1.165) is 21.6 Å². The normalized spacial score (nSPS) is 19.3. The van der Waals surface area contributed by atoms with E-state index in [9.17, 15) is 14.4 Å². The molecule has 1 fully saturated rings. The molecule has 29 heavy (non-hydrogen) atoms. The number of anilines is 1. The predicted molar refractivity (Wildman–Crippen MR) is 113 cm³/mol. The summed E-state index contributed by atoms with van der Waals surface area (Å²) in [6, 6.07) is 14.4. The molecule has 0 bridgehead atoms. The first-order valence-electron chi connectivity index (χ1n) is 9.63. The van der Waals surface area contributed by atoms with E-state index in [1.807, 2.05) is 55.5 Å². The van der Waals surface area contributed by atoms with E-state index in [4.69, 9.17) is 0 Å². The third kappa shape index (κ3) is 4.01. The molecule has 1 saturated heterocycles. The van der Waals surface area contributed by atoms with E-state index in [1.165, 1.54) is 0 Å². The second kappa shape index (κ2) is 7.35. The van der Waals surface area contributed by atoms with Gasteiger partial charge in [0.15, 0.2) is 0 Å². The summed E-state index contributed by atoms with van der Waals surface area (Å²) in [5, 5.41) is 5.49. The van der Waals surface area contributed by atoms with Crippen LogP contribution in [0.15, 0.2) is 48.5 Å². The lowest BCUT2D eigenvalue weighted by molar-refractivity contribution is -0.133. The summed E-state index contributed by atoms with van der Waals surface area (Å²) >= 11 is 0. The highest BCUT2D eigenvalue weighted by molar-refractivity contribution is 6.10. The van der Waals surface area contributed by atoms with Crippen LogP contribution >= 0.6 is 0 Å². The minimum Gasteiger partial charge on any atom is -0.325 e. The molecule has 0 radical (unpaired) electrons. The fourth-order valence-electron chi connectivity index (χ4n) is 3.55. The van der Waals surface area contributed by atoms with Crippen LogP contribution in [0.3, 0.4) is 0 Å². The summed E-state index contributed by atoms with van der Waals surface area (Å²) in [5.41, 5.74) is 2.22. The first-order valence-corrected chi connectivity index (χ1v) is 9.63. The SMILES string of the molecule is Cc1ccccc1C1(C)NC(=O)N(CC(=O)Nc2ccc(C(C)(C)C)cc2)C1=O. The van der Waals surface area contributed by atoms with Crippen molar-refractivity contribution in [2.75, 3.05) is 11.9 Å². The van der Waals surface area contributed by atoms with Gasteiger partial charge >= 0.3 is 6.03 Å². The molecule has 2 aromatic rings. The molecule has 1 atom stereocenters. The lowest BCUT2D eigenvalue weighted by Gasteiger charge is -2.24. The van der Waals surface area contributed by atoms with Crippen molar-refractivity contribution < 1.29 is 14.4 Å². The van der Waals surface area contributed by atoms with Crippen LogP contribution in [0.1, 0.15) is 44.4 Å². The smallest absolute Gasteiger partial charge is 0.325 e. The Balaban J connectivity index is 1.72. The minimum atomic E-state index is -1.18. The number of benzene rings is 2. The zero-order valence-electron chi connectivity index (χ0n) is 17.5. The van der Waals surface area contributed by atoms with Gasteiger partial charge in [-0.3, -0.25) is 14.5 Å². The Morgan fingerprint density at radius 3 is 2.28 bits per heavy atom. The molecule has 0 saturated carbocycles. The second-order valence-corrected chi connectivity index (χ2v) is 8.64. The standard InChI is InChI=1S/C23H27N3O3/c1-15-8-6-7-9-18(15)23(5)20(28)26(21(29)25-23)14-19(27)24-17-12-10-16(11-13-17)22(2,3)4/h6-13H,14H2,1-5H3,(H,24,27)(H,25,29). The van der Waals surface area contributed by atoms with Gasteiger partial charge in [-0.25, -0.2) is 4.79 Å². The monoisotopic (exact) mass is 393 g/mol. The number of amides is 4. The number of nitrogens with zero attached hydrogens (tertiary/aromatic N) is 1. The van der Waals surface area contributed by atoms with E-state index in [1.54, 1.807) is 6.92 Å². The molecule has 2 aromatic carbocycles. The largest absolute Gasteiger partial charge is 0.325 e. The Morgan fingerprint density at radius 2 is 1.69 bits per heavy atom. The Hall–Kier alpha value is -3.15. The molecule has 1 aliphatic heterocycles. The zero-order valence-corrected chi connectivity index (χ0v) is 17.5. The fraction of sp³-hybridized carbons (Fsp3) is 0.348. The Kier molecular flexibility index (Phi) is 5.22. The van der Waals surface area contributed by atoms with Crippen molar-refractivity contribution in [1.82, 2.24) is 10.2 Å². The first kappa shape index (κ1) is 20.6. The lowest BCUT2D eigenvalue weighted by atomic mass is 9.87. The average molecular weight is 393 g/mol. The minimum absolute atomic E-state index is 0.0165. The molecule has 1 unspecified atom stereocenters. The number of aryl methyl sites for hydroxylation is 1. The van der Waals surface area contributed by atoms with Crippen LogP contribution in [0.25, 0.3) is 0 Å². The highest BCUT2D eigenvalue weighted by Crippen LogP contribution is 2.31. The van der Waals surface area contributed by atoms with E-state index >= 15 is 0 Å². The van der Waals surface area contributed by atoms with Gasteiger partial charge in [0.25, 0.3) is 5.91 Å². The first-order chi connectivity index (χ1) is 13.5. The van der Waals surface area contributed by atoms with Crippen LogP contribution in [0.5, 0.6) is 0 Å². The molecule has 0 spiro atoms. The average Bonchev–Trinajstić information content (AvgIpc) is 2.85. The maximum Gasteiger partial charge on any atom is 0.325 e. The van der Waals surface area contributed by atoms with E-state index in [-0.39, 0.29) is 12.0 Å². The summed E-state index contributed by atoms with van der Waals surface area (Å²) < 4.78 is 0. The van der Waals surface area contributed by atoms with Crippen molar-refractivity contribution in [3.8, 4) is 0 Å². The van der Waals surface area contributed by atoms with Crippen LogP contribution < -0.4 is 10.6 Å². The van der Waals surface area contributed by atoms with Crippen molar-refractivity contribution in [3.63, 3.8) is 0 Å². The number of urea groups is 1. The van der Waals surface area contributed by atoms with Gasteiger partial charge in [0.05, 0.1) is 0 Å². The highest BCUT2D eigenvalue weighted by atomic mass is 16.2. The van der Waals surface area contributed by atoms with Gasteiger partial charge in [0.2, 0.25) is 5.91 Å². The van der Waals surface area contributed by atoms with Crippen molar-refractivity contribution in [2.24, 2.45) is 0 Å². The molecule has 4 amide bonds. The third-order valence-corrected chi connectivity index (χ3v) is 5.30. The van der Waals surface area contributed by atoms with Crippen molar-refractivity contribution in [3.05, 3.63) is 65.2 Å². The quantitative estimate of drug-likeness (QED) is 0.778. The number of hydrogen-bond acceptors (Lipinski definition) is 3. The summed E-state index contributed by atoms with van der Waals surface area (Å²) in [7, 11) is 0. The van der Waals surface area contributed by atoms with Crippen molar-refractivity contribution >= 4 is 23.5 Å². The highest BCUT2D eigenvalue weighted by Gasteiger charge is 2.49. The number of carbonyl (C=O) groups excluding carboxylic acids is 3. The summed E-state index contributed by atoms with van der Waals surface area (Å²) in [5.74, 6) is -0.860. The Bertz CT molecular complexity index is 960. The van der Waals surface area contributed by atoms with Crippen LogP contribution in [0.2, 0.25) is 0 Å². The molecule has 6 heteroatoms. The van der Waals surface area contributed by atoms with Crippen molar-refractivity contribution in [1.29, 1.82) is 0 Å². The number of carbonyl (C=O) groups is 3. The molecule has 1 aliphatic rings. The molecule has 152 valence electrons. The fourth-order valence-corrected chi connectivity index (χ4v) is 3.55. The Labute approximate surface area is 171 Å². The zero-order chi connectivity index (χ0) is 21.4. The Morgan fingerprint density at radius 1 is 1.07 bits per heavy atom. The molecule has 2 N–H and O–H groups in total. The van der Waals surface area contributed by atoms with Gasteiger partial charge in [0.1, 0.15) is 12.1 Å². The summed E-state index contributed by atoms with van der Waals surface area (Å²) in [6.45, 7) is 9.55. The molecule has 6 nitrogen and oxygen atoms in total. The molecule has 0 aliphatic carbocycles. The van der Waals surface area contributed by atoms with Crippen LogP contribution in [0, 0.1) is 6.92 Å². The topological polar surface area (TPSA) is 78.5 Å². The van der Waals surface area contributed by atoms with Gasteiger partial charge in [-0.15, -0.1) is 0 Å². The molecular weight excluding hydrogens is 366 g/mol. The van der Waals surface area contributed by atoms with E-state index < -0.39 is 23.4 Å². The summed E-state index contributed by atoms with van der Waals surface area (Å²) in [6.07, 6.45) is 0. The van der Waals surface area contributed by atoms with Gasteiger partial charge in [-0.2, -0.15) is 0 Å². The summed E-state index contributed by atoms with van der Waals surface area (Å²) in [4.78, 5) is 38.9. The van der Waals surface area contributed by atoms with Crippen LogP contribution in [-0.2, 0) is 20.5 Å². The van der Waals surface area contributed by atoms with Gasteiger partial charge in [-0.1, -0.05) is 57.2 Å². The van der Waals surface area contributed by atoms with Gasteiger partial charge in [0, 0.05) is 5.69 Å². The van der Waals surface area contributed by atoms with E-state index in [2.05, 4.69) is 31.4 Å². The molecule has 1 heterocycles. The van der Waals surface area contributed by atoms with E-state index in [0.29, 0.717) is 5.69 Å². The van der Waals surface area contributed by atoms with Gasteiger partial charge in [-0.05, 0) is 48.1 Å². The third-order valence-electron chi connectivity index (χ3n) is 5.30. The number of nitrogens with one attached hydrogen (secondary N) is 2. The van der Waals surface area contributed by atoms with Crippen molar-refractivity contribution in [2.45, 2.75) is 45.6 Å². The lowest BCUT2D eigenvalue weighted by Crippen LogP contribution is -2.42. The second-order valence-electron chi connectivity index (χ2n) is 8.64. The molecule has 0 aromatic heterocycles.